The Morgan fingerprint density at radius 2 is 1.88 bits per heavy atom. The Hall–Kier alpha value is -1.79. The minimum absolute atomic E-state index is 0.164. The maximum Gasteiger partial charge on any atom is 0.208 e. The van der Waals surface area contributed by atoms with Gasteiger partial charge in [-0.1, -0.05) is 35.3 Å². The van der Waals surface area contributed by atoms with Crippen LogP contribution in [0.4, 0.5) is 11.6 Å². The second-order valence-electron chi connectivity index (χ2n) is 5.99. The molecule has 132 valence electrons. The summed E-state index contributed by atoms with van der Waals surface area (Å²) in [7, 11) is 1.45. The van der Waals surface area contributed by atoms with Crippen LogP contribution in [-0.4, -0.2) is 21.8 Å². The van der Waals surface area contributed by atoms with Crippen molar-refractivity contribution in [2.45, 2.75) is 26.2 Å². The zero-order chi connectivity index (χ0) is 18.1. The van der Waals surface area contributed by atoms with Crippen LogP contribution in [0.15, 0.2) is 36.4 Å². The summed E-state index contributed by atoms with van der Waals surface area (Å²) < 4.78 is 7.01. The second-order valence-corrected chi connectivity index (χ2v) is 6.81. The van der Waals surface area contributed by atoms with Gasteiger partial charge in [0, 0.05) is 24.4 Å². The highest BCUT2D eigenvalue weighted by molar-refractivity contribution is 6.42. The van der Waals surface area contributed by atoms with Crippen LogP contribution in [0.3, 0.4) is 0 Å². The molecule has 2 aromatic carbocycles. The van der Waals surface area contributed by atoms with Crippen molar-refractivity contribution in [3.8, 4) is 0 Å². The largest absolute Gasteiger partial charge is 0.364 e. The van der Waals surface area contributed by atoms with Gasteiger partial charge in [0.2, 0.25) is 5.95 Å². The highest BCUT2D eigenvalue weighted by Crippen LogP contribution is 2.33. The number of anilines is 2. The van der Waals surface area contributed by atoms with Crippen molar-refractivity contribution in [2.24, 2.45) is 0 Å². The first kappa shape index (κ1) is 18.0. The highest BCUT2D eigenvalue weighted by atomic mass is 35.5. The van der Waals surface area contributed by atoms with Crippen LogP contribution in [-0.2, 0) is 4.74 Å². The first-order valence-corrected chi connectivity index (χ1v) is 8.61. The third-order valence-electron chi connectivity index (χ3n) is 3.90. The summed E-state index contributed by atoms with van der Waals surface area (Å²) >= 11 is 12.3. The highest BCUT2D eigenvalue weighted by Gasteiger charge is 2.16. The Bertz CT molecular complexity index is 909. The molecule has 0 aliphatic heterocycles. The molecule has 0 saturated carbocycles. The van der Waals surface area contributed by atoms with Crippen molar-refractivity contribution in [3.63, 3.8) is 0 Å². The van der Waals surface area contributed by atoms with E-state index in [-0.39, 0.29) is 6.04 Å². The lowest BCUT2D eigenvalue weighted by Crippen LogP contribution is -2.07. The molecule has 0 saturated heterocycles. The molecule has 0 aliphatic rings. The molecule has 0 spiro atoms. The van der Waals surface area contributed by atoms with E-state index in [1.165, 1.54) is 7.11 Å². The molecule has 3 rings (SSSR count). The summed E-state index contributed by atoms with van der Waals surface area (Å²) in [6, 6.07) is 11.1. The third-order valence-corrected chi connectivity index (χ3v) is 4.62. The molecule has 3 aromatic rings. The van der Waals surface area contributed by atoms with E-state index in [2.05, 4.69) is 28.7 Å². The van der Waals surface area contributed by atoms with Gasteiger partial charge in [-0.15, -0.1) is 0 Å². The standard InChI is InChI=1S/C18H19Cl2N3O2/c1-10(2)23-16-9-14(20)13(19)8-15(16)22-18(23)21-12-6-4-5-11(7-12)17(24)25-3/h4-10,17,24H,1-3H3,(H,21,22). The fraction of sp³-hybridized carbons (Fsp3) is 0.278. The van der Waals surface area contributed by atoms with E-state index >= 15 is 0 Å². The molecule has 0 fully saturated rings. The zero-order valence-electron chi connectivity index (χ0n) is 14.1. The lowest BCUT2D eigenvalue weighted by atomic mass is 10.2. The van der Waals surface area contributed by atoms with Crippen LogP contribution in [0, 0.1) is 0 Å². The van der Waals surface area contributed by atoms with Gasteiger partial charge in [-0.3, -0.25) is 0 Å². The van der Waals surface area contributed by atoms with Crippen molar-refractivity contribution >= 4 is 45.9 Å². The number of halogens is 2. The number of nitrogens with zero attached hydrogens (tertiary/aromatic N) is 2. The average Bonchev–Trinajstić information content (AvgIpc) is 2.91. The van der Waals surface area contributed by atoms with E-state index < -0.39 is 6.29 Å². The normalized spacial score (nSPS) is 12.8. The van der Waals surface area contributed by atoms with Crippen molar-refractivity contribution in [3.05, 3.63) is 52.0 Å². The number of aromatic nitrogens is 2. The summed E-state index contributed by atoms with van der Waals surface area (Å²) in [4.78, 5) is 4.64. The van der Waals surface area contributed by atoms with Gasteiger partial charge in [0.25, 0.3) is 0 Å². The van der Waals surface area contributed by atoms with E-state index in [0.717, 1.165) is 16.7 Å². The van der Waals surface area contributed by atoms with E-state index in [0.29, 0.717) is 21.6 Å². The molecule has 0 bridgehead atoms. The summed E-state index contributed by atoms with van der Waals surface area (Å²) in [5.41, 5.74) is 3.12. The molecule has 0 amide bonds. The molecular formula is C18H19Cl2N3O2. The maximum absolute atomic E-state index is 9.84. The van der Waals surface area contributed by atoms with Gasteiger partial charge in [-0.25, -0.2) is 4.98 Å². The Kier molecular flexibility index (Phi) is 5.20. The van der Waals surface area contributed by atoms with Crippen LogP contribution in [0.1, 0.15) is 31.7 Å². The summed E-state index contributed by atoms with van der Waals surface area (Å²) in [5.74, 6) is 0.674. The average molecular weight is 380 g/mol. The molecule has 7 heteroatoms. The number of rotatable bonds is 5. The maximum atomic E-state index is 9.84. The molecule has 1 heterocycles. The van der Waals surface area contributed by atoms with E-state index in [9.17, 15) is 5.11 Å². The number of aliphatic hydroxyl groups is 1. The van der Waals surface area contributed by atoms with E-state index in [1.807, 2.05) is 24.3 Å². The lowest BCUT2D eigenvalue weighted by Gasteiger charge is -2.15. The number of benzene rings is 2. The number of methoxy groups -OCH3 is 1. The summed E-state index contributed by atoms with van der Waals surface area (Å²) in [5, 5.41) is 14.1. The van der Waals surface area contributed by atoms with Crippen molar-refractivity contribution in [2.75, 3.05) is 12.4 Å². The minimum Gasteiger partial charge on any atom is -0.364 e. The Morgan fingerprint density at radius 1 is 1.16 bits per heavy atom. The number of hydrogen-bond acceptors (Lipinski definition) is 4. The molecule has 1 atom stereocenters. The van der Waals surface area contributed by atoms with Gasteiger partial charge < -0.3 is 19.7 Å². The predicted octanol–water partition coefficient (Wildman–Crippen LogP) is 5.30. The van der Waals surface area contributed by atoms with E-state index in [4.69, 9.17) is 27.9 Å². The van der Waals surface area contributed by atoms with Crippen LogP contribution >= 0.6 is 23.2 Å². The fourth-order valence-electron chi connectivity index (χ4n) is 2.74. The number of aliphatic hydroxyl groups excluding tert-OH is 1. The Morgan fingerprint density at radius 3 is 2.56 bits per heavy atom. The summed E-state index contributed by atoms with van der Waals surface area (Å²) in [6.45, 7) is 4.14. The number of fused-ring (bicyclic) bond motifs is 1. The third kappa shape index (κ3) is 3.60. The Balaban J connectivity index is 2.05. The number of ether oxygens (including phenoxy) is 1. The van der Waals surface area contributed by atoms with Gasteiger partial charge >= 0.3 is 0 Å². The van der Waals surface area contributed by atoms with Gasteiger partial charge in [-0.05, 0) is 38.1 Å². The SMILES string of the molecule is COC(O)c1cccc(Nc2nc3cc(Cl)c(Cl)cc3n2C(C)C)c1. The smallest absolute Gasteiger partial charge is 0.208 e. The Labute approximate surface area is 156 Å². The molecular weight excluding hydrogens is 361 g/mol. The van der Waals surface area contributed by atoms with Crippen molar-refractivity contribution < 1.29 is 9.84 Å². The molecule has 0 radical (unpaired) electrons. The lowest BCUT2D eigenvalue weighted by molar-refractivity contribution is -0.0769. The number of hydrogen-bond donors (Lipinski definition) is 2. The van der Waals surface area contributed by atoms with Crippen molar-refractivity contribution in [1.29, 1.82) is 0 Å². The van der Waals surface area contributed by atoms with Gasteiger partial charge in [0.05, 0.1) is 21.1 Å². The van der Waals surface area contributed by atoms with Crippen LogP contribution < -0.4 is 5.32 Å². The molecule has 0 aliphatic carbocycles. The monoisotopic (exact) mass is 379 g/mol. The molecule has 1 unspecified atom stereocenters. The van der Waals surface area contributed by atoms with Gasteiger partial charge in [-0.2, -0.15) is 0 Å². The molecule has 25 heavy (non-hydrogen) atoms. The van der Waals surface area contributed by atoms with Crippen LogP contribution in [0.5, 0.6) is 0 Å². The van der Waals surface area contributed by atoms with Crippen LogP contribution in [0.2, 0.25) is 10.0 Å². The van der Waals surface area contributed by atoms with Crippen LogP contribution in [0.25, 0.3) is 11.0 Å². The topological polar surface area (TPSA) is 59.3 Å². The van der Waals surface area contributed by atoms with Gasteiger partial charge in [0.15, 0.2) is 6.29 Å². The fourth-order valence-corrected chi connectivity index (χ4v) is 3.05. The molecule has 5 nitrogen and oxygen atoms in total. The van der Waals surface area contributed by atoms with Crippen molar-refractivity contribution in [1.82, 2.24) is 9.55 Å². The zero-order valence-corrected chi connectivity index (χ0v) is 15.6. The molecule has 2 N–H and O–H groups in total. The first-order valence-electron chi connectivity index (χ1n) is 7.85. The number of nitrogens with one attached hydrogen (secondary N) is 1. The first-order chi connectivity index (χ1) is 11.9. The quantitative estimate of drug-likeness (QED) is 0.590. The second kappa shape index (κ2) is 7.22. The summed E-state index contributed by atoms with van der Waals surface area (Å²) in [6.07, 6.45) is -0.969. The number of imidazole rings is 1. The minimum atomic E-state index is -0.969. The predicted molar refractivity (Wildman–Crippen MR) is 102 cm³/mol. The molecule has 1 aromatic heterocycles. The van der Waals surface area contributed by atoms with E-state index in [1.54, 1.807) is 12.1 Å². The van der Waals surface area contributed by atoms with Gasteiger partial charge in [0.1, 0.15) is 0 Å².